The molecule has 0 fully saturated rings. The van der Waals surface area contributed by atoms with Gasteiger partial charge in [0.1, 0.15) is 0 Å². The summed E-state index contributed by atoms with van der Waals surface area (Å²) in [7, 11) is 4.47. The number of methoxy groups -OCH3 is 3. The smallest absolute Gasteiger partial charge is 0.415 e. The number of aromatic nitrogens is 1. The lowest BCUT2D eigenvalue weighted by Crippen LogP contribution is -2.33. The van der Waals surface area contributed by atoms with Crippen LogP contribution in [-0.2, 0) is 6.54 Å². The van der Waals surface area contributed by atoms with E-state index in [1.54, 1.807) is 23.1 Å². The largest absolute Gasteiger partial charge is 0.493 e. The number of nitrogens with one attached hydrogen (secondary N) is 1. The van der Waals surface area contributed by atoms with Gasteiger partial charge in [0.05, 0.1) is 32.5 Å². The fraction of sp³-hybridized carbons (Fsp3) is 0.267. The first-order valence-electron chi connectivity index (χ1n) is 12.7. The molecule has 0 radical (unpaired) electrons. The van der Waals surface area contributed by atoms with E-state index < -0.39 is 12.0 Å². The van der Waals surface area contributed by atoms with Crippen molar-refractivity contribution in [1.29, 1.82) is 0 Å². The van der Waals surface area contributed by atoms with Gasteiger partial charge in [-0.25, -0.2) is 4.79 Å². The Bertz CT molecular complexity index is 1440. The molecule has 0 bridgehead atoms. The summed E-state index contributed by atoms with van der Waals surface area (Å²) in [5.41, 5.74) is 2.68. The van der Waals surface area contributed by atoms with Crippen LogP contribution < -0.4 is 24.3 Å². The minimum Gasteiger partial charge on any atom is -0.493 e. The Morgan fingerprint density at radius 2 is 1.51 bits per heavy atom. The monoisotopic (exact) mass is 531 g/mol. The minimum absolute atomic E-state index is 0.248. The Labute approximate surface area is 227 Å². The fourth-order valence-corrected chi connectivity index (χ4v) is 4.42. The number of hydrogen-bond acceptors (Lipinski definition) is 6. The first-order chi connectivity index (χ1) is 18.9. The number of anilines is 1. The minimum atomic E-state index is -0.494. The molecule has 9 nitrogen and oxygen atoms in total. The summed E-state index contributed by atoms with van der Waals surface area (Å²) < 4.78 is 24.1. The molecule has 3 aromatic carbocycles. The molecular formula is C30H33N3O6. The van der Waals surface area contributed by atoms with Gasteiger partial charge in [-0.1, -0.05) is 30.3 Å². The molecule has 4 rings (SSSR count). The third-order valence-electron chi connectivity index (χ3n) is 6.49. The zero-order chi connectivity index (χ0) is 27.9. The first-order valence-corrected chi connectivity index (χ1v) is 12.7. The van der Waals surface area contributed by atoms with Crippen molar-refractivity contribution in [3.05, 3.63) is 78.0 Å². The zero-order valence-corrected chi connectivity index (χ0v) is 22.8. The highest BCUT2D eigenvalue weighted by Crippen LogP contribution is 2.39. The molecule has 9 heteroatoms. The number of rotatable bonds is 10. The highest BCUT2D eigenvalue weighted by molar-refractivity contribution is 6.11. The summed E-state index contributed by atoms with van der Waals surface area (Å²) in [6.07, 6.45) is 1.45. The van der Waals surface area contributed by atoms with Crippen LogP contribution in [0.3, 0.4) is 0 Å². The van der Waals surface area contributed by atoms with E-state index in [9.17, 15) is 9.59 Å². The van der Waals surface area contributed by atoms with Gasteiger partial charge in [0.25, 0.3) is 5.91 Å². The van der Waals surface area contributed by atoms with Crippen molar-refractivity contribution >= 4 is 28.6 Å². The van der Waals surface area contributed by atoms with Gasteiger partial charge in [0.2, 0.25) is 5.75 Å². The van der Waals surface area contributed by atoms with E-state index in [0.717, 1.165) is 16.5 Å². The SMILES string of the molecule is CCN(CC)C(=O)Oc1ccc2c(ccn2Cc2ccccc2)c1NC(=O)c1cc(OC)c(OC)c(OC)c1. The summed E-state index contributed by atoms with van der Waals surface area (Å²) in [6.45, 7) is 5.40. The normalized spacial score (nSPS) is 10.7. The Morgan fingerprint density at radius 3 is 2.10 bits per heavy atom. The van der Waals surface area contributed by atoms with Crippen LogP contribution in [0.15, 0.2) is 66.9 Å². The predicted molar refractivity (Wildman–Crippen MR) is 150 cm³/mol. The summed E-state index contributed by atoms with van der Waals surface area (Å²) in [5.74, 6) is 0.894. The van der Waals surface area contributed by atoms with Crippen molar-refractivity contribution in [1.82, 2.24) is 9.47 Å². The van der Waals surface area contributed by atoms with E-state index in [0.29, 0.717) is 42.6 Å². The van der Waals surface area contributed by atoms with E-state index in [4.69, 9.17) is 18.9 Å². The molecule has 1 aromatic heterocycles. The maximum atomic E-state index is 13.6. The summed E-state index contributed by atoms with van der Waals surface area (Å²) in [5, 5.41) is 3.70. The Hall–Kier alpha value is -4.66. The number of benzene rings is 3. The van der Waals surface area contributed by atoms with Crippen molar-refractivity contribution in [2.75, 3.05) is 39.7 Å². The number of ether oxygens (including phenoxy) is 4. The molecule has 0 spiro atoms. The van der Waals surface area contributed by atoms with Crippen molar-refractivity contribution < 1.29 is 28.5 Å². The van der Waals surface area contributed by atoms with Gasteiger partial charge in [0.15, 0.2) is 17.2 Å². The molecule has 1 heterocycles. The van der Waals surface area contributed by atoms with E-state index in [2.05, 4.69) is 22.0 Å². The average molecular weight is 532 g/mol. The Kier molecular flexibility index (Phi) is 8.60. The predicted octanol–water partition coefficient (Wildman–Crippen LogP) is 5.81. The third-order valence-corrected chi connectivity index (χ3v) is 6.49. The first kappa shape index (κ1) is 27.4. The molecule has 0 saturated carbocycles. The summed E-state index contributed by atoms with van der Waals surface area (Å²) >= 11 is 0. The average Bonchev–Trinajstić information content (AvgIpc) is 3.37. The van der Waals surface area contributed by atoms with Crippen LogP contribution in [0.1, 0.15) is 29.8 Å². The zero-order valence-electron chi connectivity index (χ0n) is 22.8. The quantitative estimate of drug-likeness (QED) is 0.278. The highest BCUT2D eigenvalue weighted by Gasteiger charge is 2.22. The van der Waals surface area contributed by atoms with Crippen LogP contribution in [0, 0.1) is 0 Å². The van der Waals surface area contributed by atoms with Gasteiger partial charge in [-0.3, -0.25) is 4.79 Å². The van der Waals surface area contributed by atoms with Crippen molar-refractivity contribution in [3.63, 3.8) is 0 Å². The van der Waals surface area contributed by atoms with Crippen LogP contribution in [0.5, 0.6) is 23.0 Å². The lowest BCUT2D eigenvalue weighted by atomic mass is 10.1. The van der Waals surface area contributed by atoms with Gasteiger partial charge in [-0.15, -0.1) is 0 Å². The van der Waals surface area contributed by atoms with Crippen molar-refractivity contribution in [2.45, 2.75) is 20.4 Å². The van der Waals surface area contributed by atoms with Crippen molar-refractivity contribution in [3.8, 4) is 23.0 Å². The molecule has 0 aliphatic carbocycles. The van der Waals surface area contributed by atoms with E-state index in [1.165, 1.54) is 21.3 Å². The van der Waals surface area contributed by atoms with E-state index in [1.807, 2.05) is 50.4 Å². The molecule has 2 amide bonds. The third kappa shape index (κ3) is 5.77. The molecular weight excluding hydrogens is 498 g/mol. The Balaban J connectivity index is 1.77. The molecule has 204 valence electrons. The second-order valence-corrected chi connectivity index (χ2v) is 8.71. The lowest BCUT2D eigenvalue weighted by Gasteiger charge is -2.20. The van der Waals surface area contributed by atoms with Gasteiger partial charge in [0, 0.05) is 36.8 Å². The van der Waals surface area contributed by atoms with Crippen LogP contribution in [-0.4, -0.2) is 55.9 Å². The number of fused-ring (bicyclic) bond motifs is 1. The molecule has 0 aliphatic heterocycles. The van der Waals surface area contributed by atoms with Crippen LogP contribution in [0.25, 0.3) is 10.9 Å². The standard InChI is InChI=1S/C30H33N3O6/c1-6-32(7-2)30(35)39-24-14-13-23-22(15-16-33(23)19-20-11-9-8-10-12-20)27(24)31-29(34)21-17-25(36-3)28(38-5)26(18-21)37-4/h8-18H,6-7,19H2,1-5H3,(H,31,34). The maximum Gasteiger partial charge on any atom is 0.415 e. The molecule has 0 aliphatic rings. The van der Waals surface area contributed by atoms with E-state index in [-0.39, 0.29) is 11.3 Å². The number of carbonyl (C=O) groups is 2. The Morgan fingerprint density at radius 1 is 0.846 bits per heavy atom. The number of nitrogens with zero attached hydrogens (tertiary/aromatic N) is 2. The second-order valence-electron chi connectivity index (χ2n) is 8.71. The van der Waals surface area contributed by atoms with Crippen LogP contribution >= 0.6 is 0 Å². The summed E-state index contributed by atoms with van der Waals surface area (Å²) in [4.78, 5) is 28.0. The number of carbonyl (C=O) groups excluding carboxylic acids is 2. The highest BCUT2D eigenvalue weighted by atomic mass is 16.6. The fourth-order valence-electron chi connectivity index (χ4n) is 4.42. The molecule has 0 unspecified atom stereocenters. The van der Waals surface area contributed by atoms with Crippen LogP contribution in [0.4, 0.5) is 10.5 Å². The molecule has 4 aromatic rings. The van der Waals surface area contributed by atoms with Crippen LogP contribution in [0.2, 0.25) is 0 Å². The molecule has 1 N–H and O–H groups in total. The molecule has 39 heavy (non-hydrogen) atoms. The molecule has 0 atom stereocenters. The van der Waals surface area contributed by atoms with Gasteiger partial charge in [-0.05, 0) is 49.7 Å². The topological polar surface area (TPSA) is 91.3 Å². The maximum absolute atomic E-state index is 13.6. The lowest BCUT2D eigenvalue weighted by molar-refractivity contribution is 0.102. The summed E-state index contributed by atoms with van der Waals surface area (Å²) in [6, 6.07) is 18.7. The van der Waals surface area contributed by atoms with Gasteiger partial charge in [-0.2, -0.15) is 0 Å². The number of amides is 2. The number of hydrogen-bond donors (Lipinski definition) is 1. The second kappa shape index (κ2) is 12.3. The van der Waals surface area contributed by atoms with Gasteiger partial charge < -0.3 is 33.7 Å². The molecule has 0 saturated heterocycles. The van der Waals surface area contributed by atoms with Crippen molar-refractivity contribution in [2.24, 2.45) is 0 Å². The van der Waals surface area contributed by atoms with E-state index >= 15 is 0 Å². The van der Waals surface area contributed by atoms with Gasteiger partial charge >= 0.3 is 6.09 Å².